The lowest BCUT2D eigenvalue weighted by Crippen LogP contribution is -2.29. The van der Waals surface area contributed by atoms with Crippen LogP contribution in [-0.4, -0.2) is 24.8 Å². The minimum atomic E-state index is 0.0719. The van der Waals surface area contributed by atoms with Crippen molar-refractivity contribution in [2.75, 3.05) is 13.1 Å². The first-order chi connectivity index (χ1) is 5.64. The highest BCUT2D eigenvalue weighted by atomic mass is 16.5. The number of ether oxygens (including phenoxy) is 1. The number of rotatable bonds is 3. The van der Waals surface area contributed by atoms with E-state index in [2.05, 4.69) is 25.1 Å². The van der Waals surface area contributed by atoms with E-state index in [1.165, 1.54) is 0 Å². The van der Waals surface area contributed by atoms with Gasteiger partial charge in [-0.25, -0.2) is 0 Å². The van der Waals surface area contributed by atoms with Crippen LogP contribution in [0.1, 0.15) is 26.7 Å². The Balaban J connectivity index is 2.16. The fourth-order valence-corrected chi connectivity index (χ4v) is 1.53. The summed E-state index contributed by atoms with van der Waals surface area (Å²) in [5.74, 6) is 2.55. The monoisotopic (exact) mass is 167 g/mol. The van der Waals surface area contributed by atoms with Crippen molar-refractivity contribution in [1.82, 2.24) is 5.32 Å². The van der Waals surface area contributed by atoms with Gasteiger partial charge in [-0.2, -0.15) is 0 Å². The first-order valence-electron chi connectivity index (χ1n) is 4.46. The molecule has 12 heavy (non-hydrogen) atoms. The molecule has 0 saturated carbocycles. The third-order valence-corrected chi connectivity index (χ3v) is 2.15. The summed E-state index contributed by atoms with van der Waals surface area (Å²) in [5, 5.41) is 3.15. The summed E-state index contributed by atoms with van der Waals surface area (Å²) in [6.45, 7) is 5.79. The lowest BCUT2D eigenvalue weighted by molar-refractivity contribution is -0.0137. The van der Waals surface area contributed by atoms with Crippen LogP contribution in [0.2, 0.25) is 0 Å². The molecule has 68 valence electrons. The molecule has 0 amide bonds. The molecular weight excluding hydrogens is 150 g/mol. The number of hydrogen-bond acceptors (Lipinski definition) is 2. The molecule has 1 aliphatic heterocycles. The van der Waals surface area contributed by atoms with Gasteiger partial charge in [0.1, 0.15) is 0 Å². The van der Waals surface area contributed by atoms with Gasteiger partial charge in [-0.3, -0.25) is 0 Å². The smallest absolute Gasteiger partial charge is 0.0708 e. The molecule has 1 aliphatic rings. The van der Waals surface area contributed by atoms with Crippen LogP contribution in [-0.2, 0) is 4.74 Å². The lowest BCUT2D eigenvalue weighted by Gasteiger charge is -2.19. The fourth-order valence-electron chi connectivity index (χ4n) is 1.53. The zero-order valence-corrected chi connectivity index (χ0v) is 7.89. The van der Waals surface area contributed by atoms with Gasteiger partial charge >= 0.3 is 0 Å². The highest BCUT2D eigenvalue weighted by Gasteiger charge is 2.30. The van der Waals surface area contributed by atoms with Gasteiger partial charge in [0, 0.05) is 6.54 Å². The average Bonchev–Trinajstić information content (AvgIpc) is 2.31. The average molecular weight is 167 g/mol. The third-order valence-electron chi connectivity index (χ3n) is 2.15. The Hall–Kier alpha value is -0.520. The Morgan fingerprint density at radius 1 is 1.67 bits per heavy atom. The molecule has 1 heterocycles. The van der Waals surface area contributed by atoms with Gasteiger partial charge < -0.3 is 10.1 Å². The second-order valence-electron chi connectivity index (χ2n) is 3.87. The van der Waals surface area contributed by atoms with E-state index in [1.54, 1.807) is 0 Å². The highest BCUT2D eigenvalue weighted by Crippen LogP contribution is 2.28. The molecule has 1 unspecified atom stereocenters. The van der Waals surface area contributed by atoms with Crippen molar-refractivity contribution in [2.24, 2.45) is 0 Å². The molecule has 0 aliphatic carbocycles. The molecule has 1 N–H and O–H groups in total. The first kappa shape index (κ1) is 9.57. The van der Waals surface area contributed by atoms with Gasteiger partial charge in [0.05, 0.1) is 18.2 Å². The van der Waals surface area contributed by atoms with Crippen molar-refractivity contribution in [3.63, 3.8) is 0 Å². The van der Waals surface area contributed by atoms with E-state index in [1.807, 2.05) is 0 Å². The third kappa shape index (κ3) is 2.84. The summed E-state index contributed by atoms with van der Waals surface area (Å²) in [5.41, 5.74) is 0.0719. The summed E-state index contributed by atoms with van der Waals surface area (Å²) in [7, 11) is 0. The second-order valence-corrected chi connectivity index (χ2v) is 3.87. The van der Waals surface area contributed by atoms with E-state index < -0.39 is 0 Å². The van der Waals surface area contributed by atoms with E-state index in [-0.39, 0.29) is 5.60 Å². The van der Waals surface area contributed by atoms with Crippen molar-refractivity contribution >= 4 is 0 Å². The molecule has 2 heteroatoms. The van der Waals surface area contributed by atoms with Crippen molar-refractivity contribution < 1.29 is 4.74 Å². The maximum absolute atomic E-state index is 5.76. The van der Waals surface area contributed by atoms with E-state index in [4.69, 9.17) is 11.2 Å². The quantitative estimate of drug-likeness (QED) is 0.503. The summed E-state index contributed by atoms with van der Waals surface area (Å²) in [6.07, 6.45) is 7.76. The minimum Gasteiger partial charge on any atom is -0.371 e. The van der Waals surface area contributed by atoms with E-state index >= 15 is 0 Å². The van der Waals surface area contributed by atoms with Crippen LogP contribution in [0.4, 0.5) is 0 Å². The van der Waals surface area contributed by atoms with Crippen LogP contribution in [0.3, 0.4) is 0 Å². The summed E-state index contributed by atoms with van der Waals surface area (Å²) in [4.78, 5) is 0. The largest absolute Gasteiger partial charge is 0.371 e. The molecule has 0 aromatic rings. The van der Waals surface area contributed by atoms with Gasteiger partial charge in [-0.05, 0) is 26.7 Å². The molecule has 1 fully saturated rings. The predicted molar refractivity (Wildman–Crippen MR) is 49.9 cm³/mol. The van der Waals surface area contributed by atoms with Gasteiger partial charge in [0.25, 0.3) is 0 Å². The van der Waals surface area contributed by atoms with Gasteiger partial charge in [-0.1, -0.05) is 5.92 Å². The Labute approximate surface area is 74.7 Å². The van der Waals surface area contributed by atoms with Crippen LogP contribution < -0.4 is 5.32 Å². The summed E-state index contributed by atoms with van der Waals surface area (Å²) < 4.78 is 5.76. The zero-order valence-electron chi connectivity index (χ0n) is 7.89. The van der Waals surface area contributed by atoms with Crippen molar-refractivity contribution in [3.8, 4) is 12.3 Å². The molecule has 1 saturated heterocycles. The SMILES string of the molecule is C#CCNCC1CCC(C)(C)O1. The molecule has 0 aromatic carbocycles. The fraction of sp³-hybridized carbons (Fsp3) is 0.800. The predicted octanol–water partition coefficient (Wildman–Crippen LogP) is 1.17. The molecule has 0 spiro atoms. The maximum atomic E-state index is 5.76. The van der Waals surface area contributed by atoms with Crippen LogP contribution >= 0.6 is 0 Å². The van der Waals surface area contributed by atoms with Crippen molar-refractivity contribution in [1.29, 1.82) is 0 Å². The van der Waals surface area contributed by atoms with Crippen molar-refractivity contribution in [3.05, 3.63) is 0 Å². The van der Waals surface area contributed by atoms with Crippen LogP contribution in [0, 0.1) is 12.3 Å². The number of hydrogen-bond donors (Lipinski definition) is 1. The maximum Gasteiger partial charge on any atom is 0.0708 e. The molecule has 1 atom stereocenters. The molecule has 0 bridgehead atoms. The molecule has 0 aromatic heterocycles. The van der Waals surface area contributed by atoms with Crippen LogP contribution in [0.25, 0.3) is 0 Å². The highest BCUT2D eigenvalue weighted by molar-refractivity contribution is 4.88. The van der Waals surface area contributed by atoms with Gasteiger partial charge in [0.15, 0.2) is 0 Å². The topological polar surface area (TPSA) is 21.3 Å². The number of nitrogens with one attached hydrogen (secondary N) is 1. The van der Waals surface area contributed by atoms with E-state index in [0.29, 0.717) is 12.6 Å². The second kappa shape index (κ2) is 3.93. The lowest BCUT2D eigenvalue weighted by atomic mass is 10.1. The Kier molecular flexibility index (Phi) is 3.13. The molecular formula is C10H17NO. The van der Waals surface area contributed by atoms with Crippen molar-refractivity contribution in [2.45, 2.75) is 38.4 Å². The molecule has 2 nitrogen and oxygen atoms in total. The standard InChI is InChI=1S/C10H17NO/c1-4-7-11-8-9-5-6-10(2,3)12-9/h1,9,11H,5-8H2,2-3H3. The van der Waals surface area contributed by atoms with Gasteiger partial charge in [0.2, 0.25) is 0 Å². The van der Waals surface area contributed by atoms with Crippen LogP contribution in [0.5, 0.6) is 0 Å². The molecule has 0 radical (unpaired) electrons. The Bertz CT molecular complexity index is 181. The van der Waals surface area contributed by atoms with Gasteiger partial charge in [-0.15, -0.1) is 6.42 Å². The zero-order chi connectivity index (χ0) is 9.03. The van der Waals surface area contributed by atoms with Crippen LogP contribution in [0.15, 0.2) is 0 Å². The molecule has 1 rings (SSSR count). The first-order valence-corrected chi connectivity index (χ1v) is 4.46. The summed E-state index contributed by atoms with van der Waals surface area (Å²) >= 11 is 0. The van der Waals surface area contributed by atoms with E-state index in [0.717, 1.165) is 19.4 Å². The summed E-state index contributed by atoms with van der Waals surface area (Å²) in [6, 6.07) is 0. The normalized spacial score (nSPS) is 26.9. The minimum absolute atomic E-state index is 0.0719. The Morgan fingerprint density at radius 3 is 2.92 bits per heavy atom. The number of terminal acetylenes is 1. The Morgan fingerprint density at radius 2 is 2.42 bits per heavy atom. The van der Waals surface area contributed by atoms with E-state index in [9.17, 15) is 0 Å².